The van der Waals surface area contributed by atoms with Crippen LogP contribution < -0.4 is 11.1 Å². The summed E-state index contributed by atoms with van der Waals surface area (Å²) in [4.78, 5) is 10.9. The minimum atomic E-state index is -0.407. The molecule has 0 bridgehead atoms. The van der Waals surface area contributed by atoms with Gasteiger partial charge in [0.15, 0.2) is 6.23 Å². The molecule has 0 rings (SSSR count). The second-order valence-electron chi connectivity index (χ2n) is 2.78. The van der Waals surface area contributed by atoms with E-state index in [1.54, 1.807) is 20.8 Å². The Morgan fingerprint density at radius 3 is 2.42 bits per heavy atom. The van der Waals surface area contributed by atoms with E-state index < -0.39 is 5.97 Å². The van der Waals surface area contributed by atoms with Crippen molar-refractivity contribution in [3.63, 3.8) is 0 Å². The summed E-state index contributed by atoms with van der Waals surface area (Å²) in [5, 5.41) is 2.82. The Morgan fingerprint density at radius 2 is 2.08 bits per heavy atom. The first-order valence-corrected chi connectivity index (χ1v) is 3.81. The maximum atomic E-state index is 10.9. The van der Waals surface area contributed by atoms with Crippen molar-refractivity contribution in [1.29, 1.82) is 0 Å². The Balaban J connectivity index is 3.76. The van der Waals surface area contributed by atoms with Gasteiger partial charge in [0.2, 0.25) is 0 Å². The zero-order valence-corrected chi connectivity index (χ0v) is 7.76. The number of carbonyl (C=O) groups is 1. The third-order valence-electron chi connectivity index (χ3n) is 1.13. The van der Waals surface area contributed by atoms with Crippen LogP contribution in [-0.2, 0) is 9.53 Å². The highest BCUT2D eigenvalue weighted by molar-refractivity contribution is 5.87. The van der Waals surface area contributed by atoms with Crippen LogP contribution in [0.2, 0.25) is 0 Å². The van der Waals surface area contributed by atoms with Gasteiger partial charge in [-0.2, -0.15) is 0 Å². The Morgan fingerprint density at radius 1 is 1.58 bits per heavy atom. The van der Waals surface area contributed by atoms with Crippen LogP contribution in [0.5, 0.6) is 0 Å². The molecule has 0 heterocycles. The third kappa shape index (κ3) is 4.87. The van der Waals surface area contributed by atoms with Crippen LogP contribution in [0.1, 0.15) is 20.8 Å². The van der Waals surface area contributed by atoms with E-state index in [4.69, 9.17) is 10.5 Å². The molecule has 70 valence electrons. The maximum absolute atomic E-state index is 10.9. The summed E-state index contributed by atoms with van der Waals surface area (Å²) < 4.78 is 4.89. The molecule has 0 aliphatic heterocycles. The predicted molar refractivity (Wildman–Crippen MR) is 47.2 cm³/mol. The third-order valence-corrected chi connectivity index (χ3v) is 1.13. The van der Waals surface area contributed by atoms with E-state index in [1.807, 2.05) is 0 Å². The summed E-state index contributed by atoms with van der Waals surface area (Å²) in [7, 11) is 0. The number of hydrogen-bond donors (Lipinski definition) is 2. The largest absolute Gasteiger partial charge is 0.443 e. The van der Waals surface area contributed by atoms with E-state index in [-0.39, 0.29) is 12.4 Å². The van der Waals surface area contributed by atoms with Crippen LogP contribution in [0.4, 0.5) is 0 Å². The summed E-state index contributed by atoms with van der Waals surface area (Å²) in [5.41, 5.74) is 5.80. The van der Waals surface area contributed by atoms with E-state index >= 15 is 0 Å². The normalized spacial score (nSPS) is 15.0. The Kier molecular flexibility index (Phi) is 4.54. The molecule has 0 aromatic heterocycles. The fraction of sp³-hybridized carbons (Fsp3) is 0.625. The zero-order valence-electron chi connectivity index (χ0n) is 7.76. The molecule has 0 radical (unpaired) electrons. The second-order valence-corrected chi connectivity index (χ2v) is 2.78. The smallest absolute Gasteiger partial charge is 0.334 e. The first-order valence-electron chi connectivity index (χ1n) is 3.81. The standard InChI is InChI=1S/C8H16N2O2/c1-5(2)8(11)12-7(4)10-6(3)9/h6-7,10H,1,9H2,2-4H3. The topological polar surface area (TPSA) is 64.3 Å². The molecule has 3 N–H and O–H groups in total. The molecular formula is C8H16N2O2. The average Bonchev–Trinajstić information content (AvgIpc) is 1.84. The van der Waals surface area contributed by atoms with Crippen molar-refractivity contribution in [1.82, 2.24) is 5.32 Å². The van der Waals surface area contributed by atoms with E-state index in [0.717, 1.165) is 0 Å². The lowest BCUT2D eigenvalue weighted by Crippen LogP contribution is -2.42. The number of rotatable bonds is 4. The van der Waals surface area contributed by atoms with Gasteiger partial charge >= 0.3 is 5.97 Å². The molecule has 0 amide bonds. The number of carbonyl (C=O) groups excluding carboxylic acids is 1. The van der Waals surface area contributed by atoms with Gasteiger partial charge in [-0.05, 0) is 20.8 Å². The summed E-state index contributed by atoms with van der Waals surface area (Å²) in [5.74, 6) is -0.407. The quantitative estimate of drug-likeness (QED) is 0.365. The molecule has 0 aromatic rings. The van der Waals surface area contributed by atoms with Gasteiger partial charge in [0, 0.05) is 5.57 Å². The Labute approximate surface area is 72.8 Å². The molecule has 0 aliphatic rings. The van der Waals surface area contributed by atoms with Gasteiger partial charge in [0.1, 0.15) is 0 Å². The summed E-state index contributed by atoms with van der Waals surface area (Å²) in [6, 6.07) is 0. The highest BCUT2D eigenvalue weighted by atomic mass is 16.6. The molecule has 2 atom stereocenters. The number of nitrogens with two attached hydrogens (primary N) is 1. The zero-order chi connectivity index (χ0) is 9.72. The van der Waals surface area contributed by atoms with Crippen molar-refractivity contribution < 1.29 is 9.53 Å². The molecule has 2 unspecified atom stereocenters. The fourth-order valence-corrected chi connectivity index (χ4v) is 0.665. The van der Waals surface area contributed by atoms with Crippen molar-refractivity contribution in [2.24, 2.45) is 5.73 Å². The maximum Gasteiger partial charge on any atom is 0.334 e. The first-order chi connectivity index (χ1) is 5.43. The van der Waals surface area contributed by atoms with E-state index in [2.05, 4.69) is 11.9 Å². The van der Waals surface area contributed by atoms with Crippen molar-refractivity contribution in [3.05, 3.63) is 12.2 Å². The van der Waals surface area contributed by atoms with Gasteiger partial charge in [-0.15, -0.1) is 0 Å². The van der Waals surface area contributed by atoms with Crippen LogP contribution in [0, 0.1) is 0 Å². The highest BCUT2D eigenvalue weighted by Gasteiger charge is 2.09. The van der Waals surface area contributed by atoms with Gasteiger partial charge in [-0.25, -0.2) is 4.79 Å². The SMILES string of the molecule is C=C(C)C(=O)OC(C)NC(C)N. The van der Waals surface area contributed by atoms with Gasteiger partial charge in [0.25, 0.3) is 0 Å². The minimum absolute atomic E-state index is 0.196. The lowest BCUT2D eigenvalue weighted by Gasteiger charge is -2.17. The fourth-order valence-electron chi connectivity index (χ4n) is 0.665. The molecule has 0 spiro atoms. The number of ether oxygens (including phenoxy) is 1. The Hall–Kier alpha value is -0.870. The average molecular weight is 172 g/mol. The van der Waals surface area contributed by atoms with Crippen LogP contribution in [0.3, 0.4) is 0 Å². The van der Waals surface area contributed by atoms with Crippen LogP contribution >= 0.6 is 0 Å². The number of nitrogens with one attached hydrogen (secondary N) is 1. The molecule has 0 saturated heterocycles. The van der Waals surface area contributed by atoms with E-state index in [1.165, 1.54) is 0 Å². The van der Waals surface area contributed by atoms with Gasteiger partial charge < -0.3 is 10.5 Å². The molecule has 0 saturated carbocycles. The van der Waals surface area contributed by atoms with Crippen molar-refractivity contribution in [2.75, 3.05) is 0 Å². The Bertz CT molecular complexity index is 178. The molecule has 0 aromatic carbocycles. The van der Waals surface area contributed by atoms with Gasteiger partial charge in [-0.3, -0.25) is 5.32 Å². The number of esters is 1. The highest BCUT2D eigenvalue weighted by Crippen LogP contribution is 1.95. The van der Waals surface area contributed by atoms with Crippen LogP contribution in [0.15, 0.2) is 12.2 Å². The summed E-state index contributed by atoms with van der Waals surface area (Å²) in [6.07, 6.45) is -0.577. The van der Waals surface area contributed by atoms with E-state index in [0.29, 0.717) is 5.57 Å². The van der Waals surface area contributed by atoms with Crippen LogP contribution in [0.25, 0.3) is 0 Å². The van der Waals surface area contributed by atoms with Crippen molar-refractivity contribution >= 4 is 5.97 Å². The summed E-state index contributed by atoms with van der Waals surface area (Å²) in [6.45, 7) is 8.53. The molecular weight excluding hydrogens is 156 g/mol. The van der Waals surface area contributed by atoms with Gasteiger partial charge in [0.05, 0.1) is 6.17 Å². The molecule has 12 heavy (non-hydrogen) atoms. The van der Waals surface area contributed by atoms with Crippen molar-refractivity contribution in [2.45, 2.75) is 33.2 Å². The monoisotopic (exact) mass is 172 g/mol. The molecule has 0 aliphatic carbocycles. The lowest BCUT2D eigenvalue weighted by molar-refractivity contribution is -0.145. The van der Waals surface area contributed by atoms with Gasteiger partial charge in [-0.1, -0.05) is 6.58 Å². The van der Waals surface area contributed by atoms with Crippen molar-refractivity contribution in [3.8, 4) is 0 Å². The predicted octanol–water partition coefficient (Wildman–Crippen LogP) is 0.346. The lowest BCUT2D eigenvalue weighted by atomic mass is 10.4. The molecule has 4 heteroatoms. The first kappa shape index (κ1) is 11.1. The number of hydrogen-bond acceptors (Lipinski definition) is 4. The molecule has 4 nitrogen and oxygen atoms in total. The second kappa shape index (κ2) is 4.90. The molecule has 0 fully saturated rings. The summed E-state index contributed by atoms with van der Waals surface area (Å²) >= 11 is 0. The van der Waals surface area contributed by atoms with Crippen LogP contribution in [-0.4, -0.2) is 18.4 Å². The van der Waals surface area contributed by atoms with E-state index in [9.17, 15) is 4.79 Å². The minimum Gasteiger partial charge on any atom is -0.443 e.